The first kappa shape index (κ1) is 8.42. The fraction of sp³-hybridized carbons (Fsp3) is 0. The van der Waals surface area contributed by atoms with Gasteiger partial charge in [0, 0.05) is 6.07 Å². The van der Waals surface area contributed by atoms with Crippen molar-refractivity contribution < 1.29 is 4.92 Å². The van der Waals surface area contributed by atoms with Crippen molar-refractivity contribution >= 4 is 33.2 Å². The Morgan fingerprint density at radius 2 is 2.36 bits per heavy atom. The van der Waals surface area contributed by atoms with Gasteiger partial charge in [0.05, 0.1) is 9.95 Å². The number of aromatic nitrogens is 1. The molecule has 6 heteroatoms. The van der Waals surface area contributed by atoms with Gasteiger partial charge in [-0.05, 0) is 15.9 Å². The van der Waals surface area contributed by atoms with Gasteiger partial charge in [0.1, 0.15) is 10.8 Å². The SMILES string of the molecule is O=[N+]([O-])c1cnc(Br)c(Cl)c1. The maximum absolute atomic E-state index is 10.2. The molecule has 0 atom stereocenters. The molecule has 0 spiro atoms. The minimum atomic E-state index is -0.550. The van der Waals surface area contributed by atoms with E-state index in [2.05, 4.69) is 20.9 Å². The van der Waals surface area contributed by atoms with E-state index in [9.17, 15) is 10.1 Å². The van der Waals surface area contributed by atoms with Crippen molar-refractivity contribution in [2.45, 2.75) is 0 Å². The molecule has 0 aromatic carbocycles. The van der Waals surface area contributed by atoms with Gasteiger partial charge in [-0.25, -0.2) is 4.98 Å². The maximum Gasteiger partial charge on any atom is 0.289 e. The van der Waals surface area contributed by atoms with Crippen LogP contribution in [0.2, 0.25) is 5.02 Å². The van der Waals surface area contributed by atoms with Crippen molar-refractivity contribution in [2.75, 3.05) is 0 Å². The van der Waals surface area contributed by atoms with E-state index < -0.39 is 4.92 Å². The van der Waals surface area contributed by atoms with Crippen molar-refractivity contribution in [3.63, 3.8) is 0 Å². The first-order valence-electron chi connectivity index (χ1n) is 2.56. The minimum absolute atomic E-state index is 0.113. The van der Waals surface area contributed by atoms with Crippen LogP contribution < -0.4 is 0 Å². The lowest BCUT2D eigenvalue weighted by molar-refractivity contribution is -0.385. The molecular weight excluding hydrogens is 235 g/mol. The van der Waals surface area contributed by atoms with Gasteiger partial charge in [0.15, 0.2) is 0 Å². The van der Waals surface area contributed by atoms with Crippen molar-refractivity contribution in [1.82, 2.24) is 4.98 Å². The first-order valence-corrected chi connectivity index (χ1v) is 3.74. The van der Waals surface area contributed by atoms with E-state index in [0.29, 0.717) is 4.60 Å². The van der Waals surface area contributed by atoms with Crippen LogP contribution in [0.4, 0.5) is 5.69 Å². The third kappa shape index (κ3) is 1.87. The summed E-state index contributed by atoms with van der Waals surface area (Å²) in [6.45, 7) is 0. The lowest BCUT2D eigenvalue weighted by Crippen LogP contribution is -1.89. The molecule has 11 heavy (non-hydrogen) atoms. The van der Waals surface area contributed by atoms with Gasteiger partial charge in [-0.1, -0.05) is 11.6 Å². The summed E-state index contributed by atoms with van der Waals surface area (Å²) in [4.78, 5) is 13.2. The topological polar surface area (TPSA) is 56.0 Å². The summed E-state index contributed by atoms with van der Waals surface area (Å²) >= 11 is 8.56. The van der Waals surface area contributed by atoms with Crippen LogP contribution in [0.5, 0.6) is 0 Å². The fourth-order valence-electron chi connectivity index (χ4n) is 0.511. The quantitative estimate of drug-likeness (QED) is 0.428. The van der Waals surface area contributed by atoms with Crippen LogP contribution >= 0.6 is 27.5 Å². The average molecular weight is 237 g/mol. The van der Waals surface area contributed by atoms with Crippen molar-refractivity contribution in [3.8, 4) is 0 Å². The van der Waals surface area contributed by atoms with Gasteiger partial charge in [-0.3, -0.25) is 10.1 Å². The van der Waals surface area contributed by atoms with E-state index in [-0.39, 0.29) is 10.7 Å². The lowest BCUT2D eigenvalue weighted by Gasteiger charge is -1.92. The molecule has 0 aliphatic carbocycles. The molecule has 1 rings (SSSR count). The first-order chi connectivity index (χ1) is 5.11. The van der Waals surface area contributed by atoms with Gasteiger partial charge < -0.3 is 0 Å². The smallest absolute Gasteiger partial charge is 0.258 e. The second-order valence-corrected chi connectivity index (χ2v) is 2.88. The molecular formula is C5H2BrClN2O2. The normalized spacial score (nSPS) is 9.64. The number of nitro groups is 1. The number of pyridine rings is 1. The Bertz CT molecular complexity index is 305. The Hall–Kier alpha value is -0.680. The number of hydrogen-bond donors (Lipinski definition) is 0. The highest BCUT2D eigenvalue weighted by atomic mass is 79.9. The summed E-state index contributed by atoms with van der Waals surface area (Å²) in [6.07, 6.45) is 1.13. The van der Waals surface area contributed by atoms with Gasteiger partial charge in [0.25, 0.3) is 5.69 Å². The highest BCUT2D eigenvalue weighted by molar-refractivity contribution is 9.10. The monoisotopic (exact) mass is 236 g/mol. The number of rotatable bonds is 1. The molecule has 0 saturated heterocycles. The maximum atomic E-state index is 10.2. The number of nitrogens with zero attached hydrogens (tertiary/aromatic N) is 2. The summed E-state index contributed by atoms with van der Waals surface area (Å²) in [5, 5.41) is 10.4. The van der Waals surface area contributed by atoms with E-state index >= 15 is 0 Å². The zero-order valence-electron chi connectivity index (χ0n) is 5.12. The molecule has 0 radical (unpaired) electrons. The molecule has 4 nitrogen and oxygen atoms in total. The minimum Gasteiger partial charge on any atom is -0.258 e. The zero-order valence-corrected chi connectivity index (χ0v) is 7.46. The van der Waals surface area contributed by atoms with Gasteiger partial charge in [0.2, 0.25) is 0 Å². The van der Waals surface area contributed by atoms with Crippen LogP contribution in [0, 0.1) is 10.1 Å². The third-order valence-corrected chi connectivity index (χ3v) is 2.14. The van der Waals surface area contributed by atoms with Crippen LogP contribution in [-0.2, 0) is 0 Å². The molecule has 1 heterocycles. The van der Waals surface area contributed by atoms with Crippen molar-refractivity contribution in [3.05, 3.63) is 32.0 Å². The molecule has 0 aliphatic rings. The van der Waals surface area contributed by atoms with Gasteiger partial charge in [-0.2, -0.15) is 0 Å². The molecule has 1 aromatic heterocycles. The highest BCUT2D eigenvalue weighted by Crippen LogP contribution is 2.23. The summed E-state index contributed by atoms with van der Waals surface area (Å²) in [7, 11) is 0. The third-order valence-electron chi connectivity index (χ3n) is 0.993. The van der Waals surface area contributed by atoms with E-state index in [1.807, 2.05) is 0 Å². The molecule has 0 aliphatic heterocycles. The number of hydrogen-bond acceptors (Lipinski definition) is 3. The van der Waals surface area contributed by atoms with Crippen LogP contribution in [-0.4, -0.2) is 9.91 Å². The number of halogens is 2. The Balaban J connectivity index is 3.15. The zero-order chi connectivity index (χ0) is 8.43. The molecule has 0 unspecified atom stereocenters. The van der Waals surface area contributed by atoms with E-state index in [1.165, 1.54) is 6.07 Å². The molecule has 0 bridgehead atoms. The second-order valence-electron chi connectivity index (χ2n) is 1.72. The van der Waals surface area contributed by atoms with E-state index in [4.69, 9.17) is 11.6 Å². The van der Waals surface area contributed by atoms with Crippen LogP contribution in [0.25, 0.3) is 0 Å². The Morgan fingerprint density at radius 1 is 1.73 bits per heavy atom. The Labute approximate surface area is 75.5 Å². The lowest BCUT2D eigenvalue weighted by atomic mass is 10.4. The fourth-order valence-corrected chi connectivity index (χ4v) is 0.888. The van der Waals surface area contributed by atoms with Crippen LogP contribution in [0.3, 0.4) is 0 Å². The summed E-state index contributed by atoms with van der Waals surface area (Å²) in [5.41, 5.74) is -0.113. The second kappa shape index (κ2) is 3.15. The standard InChI is InChI=1S/C5H2BrClN2O2/c6-5-4(7)1-3(2-8-5)9(10)11/h1-2H. The Kier molecular flexibility index (Phi) is 2.41. The summed E-state index contributed by atoms with van der Waals surface area (Å²) in [6, 6.07) is 1.23. The largest absolute Gasteiger partial charge is 0.289 e. The predicted octanol–water partition coefficient (Wildman–Crippen LogP) is 2.41. The van der Waals surface area contributed by atoms with Crippen LogP contribution in [0.15, 0.2) is 16.9 Å². The van der Waals surface area contributed by atoms with Crippen molar-refractivity contribution in [1.29, 1.82) is 0 Å². The van der Waals surface area contributed by atoms with Crippen LogP contribution in [0.1, 0.15) is 0 Å². The molecule has 0 amide bonds. The van der Waals surface area contributed by atoms with Gasteiger partial charge in [-0.15, -0.1) is 0 Å². The summed E-state index contributed by atoms with van der Waals surface area (Å²) in [5.74, 6) is 0. The highest BCUT2D eigenvalue weighted by Gasteiger charge is 2.08. The molecule has 0 fully saturated rings. The molecule has 0 N–H and O–H groups in total. The molecule has 1 aromatic rings. The van der Waals surface area contributed by atoms with Crippen molar-refractivity contribution in [2.24, 2.45) is 0 Å². The Morgan fingerprint density at radius 3 is 2.82 bits per heavy atom. The summed E-state index contributed by atoms with van der Waals surface area (Å²) < 4.78 is 0.407. The predicted molar refractivity (Wildman–Crippen MR) is 43.6 cm³/mol. The average Bonchev–Trinajstić information content (AvgIpc) is 1.94. The molecule has 58 valence electrons. The van der Waals surface area contributed by atoms with Gasteiger partial charge >= 0.3 is 0 Å². The van der Waals surface area contributed by atoms with E-state index in [1.54, 1.807) is 0 Å². The molecule has 0 saturated carbocycles. The van der Waals surface area contributed by atoms with E-state index in [0.717, 1.165) is 6.20 Å².